The Balaban J connectivity index is 1.61. The van der Waals surface area contributed by atoms with Crippen LogP contribution >= 0.6 is 0 Å². The van der Waals surface area contributed by atoms with E-state index in [-0.39, 0.29) is 24.0 Å². The maximum atomic E-state index is 12.2. The summed E-state index contributed by atoms with van der Waals surface area (Å²) in [5, 5.41) is 8.74. The minimum atomic E-state index is -0.227. The van der Waals surface area contributed by atoms with Gasteiger partial charge in [0.2, 0.25) is 5.91 Å². The van der Waals surface area contributed by atoms with E-state index in [0.717, 1.165) is 28.8 Å². The molecule has 2 unspecified atom stereocenters. The van der Waals surface area contributed by atoms with E-state index in [0.29, 0.717) is 6.42 Å². The molecule has 3 amide bonds. The van der Waals surface area contributed by atoms with Crippen molar-refractivity contribution in [2.45, 2.75) is 38.8 Å². The molecule has 1 aliphatic heterocycles. The van der Waals surface area contributed by atoms with E-state index in [9.17, 15) is 9.59 Å². The maximum absolute atomic E-state index is 12.2. The van der Waals surface area contributed by atoms with Gasteiger partial charge in [-0.2, -0.15) is 0 Å². The highest BCUT2D eigenvalue weighted by Gasteiger charge is 2.17. The van der Waals surface area contributed by atoms with Crippen molar-refractivity contribution in [1.82, 2.24) is 15.6 Å². The van der Waals surface area contributed by atoms with E-state index in [1.165, 1.54) is 0 Å². The molecular weight excluding hydrogens is 316 g/mol. The molecule has 0 fully saturated rings. The van der Waals surface area contributed by atoms with Gasteiger partial charge in [0.1, 0.15) is 0 Å². The molecule has 3 rings (SSSR count). The minimum Gasteiger partial charge on any atom is -0.332 e. The van der Waals surface area contributed by atoms with E-state index in [2.05, 4.69) is 20.9 Å². The van der Waals surface area contributed by atoms with Crippen molar-refractivity contribution >= 4 is 17.6 Å². The van der Waals surface area contributed by atoms with Crippen LogP contribution in [0.5, 0.6) is 0 Å². The summed E-state index contributed by atoms with van der Waals surface area (Å²) in [4.78, 5) is 27.7. The van der Waals surface area contributed by atoms with Gasteiger partial charge in [-0.3, -0.25) is 9.78 Å². The molecule has 6 nitrogen and oxygen atoms in total. The number of urea groups is 1. The second-order valence-corrected chi connectivity index (χ2v) is 6.31. The highest BCUT2D eigenvalue weighted by atomic mass is 16.2. The molecule has 0 bridgehead atoms. The van der Waals surface area contributed by atoms with Crippen molar-refractivity contribution in [3.05, 3.63) is 59.4 Å². The van der Waals surface area contributed by atoms with Gasteiger partial charge in [-0.15, -0.1) is 0 Å². The molecule has 2 atom stereocenters. The zero-order chi connectivity index (χ0) is 17.8. The van der Waals surface area contributed by atoms with Gasteiger partial charge in [-0.25, -0.2) is 4.79 Å². The number of nitrogens with zero attached hydrogens (tertiary/aromatic N) is 1. The van der Waals surface area contributed by atoms with Crippen LogP contribution in [0.15, 0.2) is 42.7 Å². The Labute approximate surface area is 147 Å². The molecule has 2 aromatic rings. The van der Waals surface area contributed by atoms with Crippen LogP contribution in [0.4, 0.5) is 10.5 Å². The van der Waals surface area contributed by atoms with Crippen molar-refractivity contribution in [3.63, 3.8) is 0 Å². The molecule has 1 aromatic heterocycles. The van der Waals surface area contributed by atoms with Gasteiger partial charge in [0, 0.05) is 24.5 Å². The maximum Gasteiger partial charge on any atom is 0.315 e. The van der Waals surface area contributed by atoms with Crippen molar-refractivity contribution in [1.29, 1.82) is 0 Å². The number of pyridine rings is 1. The quantitative estimate of drug-likeness (QED) is 0.801. The smallest absolute Gasteiger partial charge is 0.315 e. The number of hydrogen-bond donors (Lipinski definition) is 3. The molecule has 130 valence electrons. The van der Waals surface area contributed by atoms with Crippen molar-refractivity contribution in [2.24, 2.45) is 0 Å². The first-order valence-corrected chi connectivity index (χ1v) is 8.42. The lowest BCUT2D eigenvalue weighted by Gasteiger charge is -2.21. The predicted molar refractivity (Wildman–Crippen MR) is 96.1 cm³/mol. The van der Waals surface area contributed by atoms with E-state index in [1.54, 1.807) is 12.4 Å². The molecule has 1 aromatic carbocycles. The Morgan fingerprint density at radius 3 is 2.60 bits per heavy atom. The number of aryl methyl sites for hydroxylation is 1. The highest BCUT2D eigenvalue weighted by Crippen LogP contribution is 2.26. The summed E-state index contributed by atoms with van der Waals surface area (Å²) in [6, 6.07) is 9.16. The molecule has 25 heavy (non-hydrogen) atoms. The third kappa shape index (κ3) is 4.15. The van der Waals surface area contributed by atoms with Crippen molar-refractivity contribution in [3.8, 4) is 0 Å². The van der Waals surface area contributed by atoms with Crippen molar-refractivity contribution in [2.75, 3.05) is 5.32 Å². The fourth-order valence-corrected chi connectivity index (χ4v) is 2.91. The zero-order valence-electron chi connectivity index (χ0n) is 14.4. The lowest BCUT2D eigenvalue weighted by molar-refractivity contribution is -0.116. The molecule has 0 saturated carbocycles. The summed E-state index contributed by atoms with van der Waals surface area (Å²) in [5.74, 6) is 0.0511. The summed E-state index contributed by atoms with van der Waals surface area (Å²) in [5.41, 5.74) is 3.94. The molecule has 6 heteroatoms. The summed E-state index contributed by atoms with van der Waals surface area (Å²) >= 11 is 0. The Bertz CT molecular complexity index is 776. The van der Waals surface area contributed by atoms with Crippen molar-refractivity contribution < 1.29 is 9.59 Å². The van der Waals surface area contributed by atoms with E-state index < -0.39 is 0 Å². The number of rotatable bonds is 4. The zero-order valence-corrected chi connectivity index (χ0v) is 14.4. The summed E-state index contributed by atoms with van der Waals surface area (Å²) < 4.78 is 0. The summed E-state index contributed by atoms with van der Waals surface area (Å²) in [6.45, 7) is 3.86. The van der Waals surface area contributed by atoms with Crippen LogP contribution in [0.2, 0.25) is 0 Å². The third-order valence-corrected chi connectivity index (χ3v) is 4.40. The van der Waals surface area contributed by atoms with Gasteiger partial charge >= 0.3 is 6.03 Å². The molecule has 3 N–H and O–H groups in total. The lowest BCUT2D eigenvalue weighted by Crippen LogP contribution is -2.38. The number of hydrogen-bond acceptors (Lipinski definition) is 3. The van der Waals surface area contributed by atoms with Gasteiger partial charge in [0.05, 0.1) is 12.1 Å². The minimum absolute atomic E-state index is 0.0511. The number of nitrogens with one attached hydrogen (secondary N) is 3. The number of fused-ring (bicyclic) bond motifs is 1. The van der Waals surface area contributed by atoms with Crippen LogP contribution in [-0.2, 0) is 11.2 Å². The van der Waals surface area contributed by atoms with Crippen LogP contribution in [-0.4, -0.2) is 16.9 Å². The SMILES string of the molecule is CC(NC(=O)NC(C)c1ccc2c(c1)CCC(=O)N2)c1cccnc1. The van der Waals surface area contributed by atoms with Gasteiger partial charge < -0.3 is 16.0 Å². The molecule has 0 spiro atoms. The molecule has 0 radical (unpaired) electrons. The fraction of sp³-hybridized carbons (Fsp3) is 0.316. The van der Waals surface area contributed by atoms with E-state index in [1.807, 2.05) is 44.2 Å². The van der Waals surface area contributed by atoms with E-state index in [4.69, 9.17) is 0 Å². The first kappa shape index (κ1) is 17.0. The van der Waals surface area contributed by atoms with Crippen LogP contribution in [0.25, 0.3) is 0 Å². The number of carbonyl (C=O) groups excluding carboxylic acids is 2. The number of carbonyl (C=O) groups is 2. The number of benzene rings is 1. The lowest BCUT2D eigenvalue weighted by atomic mass is 9.98. The second kappa shape index (κ2) is 7.34. The number of amides is 3. The molecular formula is C19H22N4O2. The standard InChI is InChI=1S/C19H22N4O2/c1-12(14-5-7-17-15(10-14)6-8-18(24)23-17)21-19(25)22-13(2)16-4-3-9-20-11-16/h3-5,7,9-13H,6,8H2,1-2H3,(H,23,24)(H2,21,22,25). The van der Waals surface area contributed by atoms with Gasteiger partial charge in [-0.1, -0.05) is 18.2 Å². The number of anilines is 1. The van der Waals surface area contributed by atoms with Crippen LogP contribution in [0, 0.1) is 0 Å². The molecule has 0 aliphatic carbocycles. The van der Waals surface area contributed by atoms with Crippen LogP contribution in [0.1, 0.15) is 49.0 Å². The van der Waals surface area contributed by atoms with Crippen LogP contribution in [0.3, 0.4) is 0 Å². The summed E-state index contributed by atoms with van der Waals surface area (Å²) in [6.07, 6.45) is 4.68. The van der Waals surface area contributed by atoms with Crippen LogP contribution < -0.4 is 16.0 Å². The predicted octanol–water partition coefficient (Wildman–Crippen LogP) is 3.09. The second-order valence-electron chi connectivity index (χ2n) is 6.31. The average molecular weight is 338 g/mol. The Kier molecular flexibility index (Phi) is 4.97. The first-order valence-electron chi connectivity index (χ1n) is 8.42. The van der Waals surface area contributed by atoms with Gasteiger partial charge in [0.25, 0.3) is 0 Å². The molecule has 0 saturated heterocycles. The summed E-state index contributed by atoms with van der Waals surface area (Å²) in [7, 11) is 0. The highest BCUT2D eigenvalue weighted by molar-refractivity contribution is 5.93. The molecule has 1 aliphatic rings. The molecule has 2 heterocycles. The number of aromatic nitrogens is 1. The topological polar surface area (TPSA) is 83.1 Å². The normalized spacial score (nSPS) is 15.5. The van der Waals surface area contributed by atoms with Gasteiger partial charge in [0.15, 0.2) is 0 Å². The Morgan fingerprint density at radius 1 is 1.12 bits per heavy atom. The average Bonchev–Trinajstić information content (AvgIpc) is 2.61. The van der Waals surface area contributed by atoms with Gasteiger partial charge in [-0.05, 0) is 49.1 Å². The Morgan fingerprint density at radius 2 is 1.88 bits per heavy atom. The largest absolute Gasteiger partial charge is 0.332 e. The first-order chi connectivity index (χ1) is 12.0. The third-order valence-electron chi connectivity index (χ3n) is 4.40. The monoisotopic (exact) mass is 338 g/mol. The Hall–Kier alpha value is -2.89. The fourth-order valence-electron chi connectivity index (χ4n) is 2.91. The van der Waals surface area contributed by atoms with E-state index >= 15 is 0 Å².